The zero-order valence-corrected chi connectivity index (χ0v) is 16.6. The number of methoxy groups -OCH3 is 2. The van der Waals surface area contributed by atoms with Gasteiger partial charge in [-0.25, -0.2) is 0 Å². The molecule has 0 amide bonds. The zero-order valence-electron chi connectivity index (χ0n) is 15.0. The first-order valence-corrected chi connectivity index (χ1v) is 10.5. The lowest BCUT2D eigenvalue weighted by Gasteiger charge is -2.21. The van der Waals surface area contributed by atoms with E-state index in [1.54, 1.807) is 32.4 Å². The summed E-state index contributed by atoms with van der Waals surface area (Å²) in [6, 6.07) is 5.72. The van der Waals surface area contributed by atoms with Crippen LogP contribution >= 0.6 is 23.1 Å². The molecule has 1 aromatic heterocycles. The van der Waals surface area contributed by atoms with Gasteiger partial charge in [-0.15, -0.1) is 10.2 Å². The molecule has 1 aromatic carbocycles. The van der Waals surface area contributed by atoms with Gasteiger partial charge in [0.2, 0.25) is 5.13 Å². The van der Waals surface area contributed by atoms with Crippen molar-refractivity contribution in [3.05, 3.63) is 23.8 Å². The topological polar surface area (TPSA) is 73.3 Å². The quantitative estimate of drug-likeness (QED) is 0.530. The van der Waals surface area contributed by atoms with Gasteiger partial charge >= 0.3 is 0 Å². The molecule has 1 saturated carbocycles. The summed E-state index contributed by atoms with van der Waals surface area (Å²) in [6.45, 7) is 0. The van der Waals surface area contributed by atoms with Crippen LogP contribution in [0.15, 0.2) is 22.5 Å². The summed E-state index contributed by atoms with van der Waals surface area (Å²) < 4.78 is 11.3. The summed E-state index contributed by atoms with van der Waals surface area (Å²) in [4.78, 5) is 12.6. The van der Waals surface area contributed by atoms with Crippen LogP contribution in [0.5, 0.6) is 11.5 Å². The first-order chi connectivity index (χ1) is 12.7. The minimum atomic E-state index is -0.0252. The zero-order chi connectivity index (χ0) is 18.4. The maximum Gasteiger partial charge on any atom is 0.206 e. The number of ketones is 1. The first-order valence-electron chi connectivity index (χ1n) is 8.67. The second kappa shape index (κ2) is 9.23. The Morgan fingerprint density at radius 3 is 2.77 bits per heavy atom. The molecule has 0 spiro atoms. The number of anilines is 1. The molecule has 140 valence electrons. The third kappa shape index (κ3) is 4.88. The van der Waals surface area contributed by atoms with Crippen molar-refractivity contribution in [2.75, 3.05) is 25.3 Å². The maximum atomic E-state index is 12.6. The highest BCUT2D eigenvalue weighted by molar-refractivity contribution is 8.01. The van der Waals surface area contributed by atoms with Crippen molar-refractivity contribution in [1.82, 2.24) is 10.2 Å². The van der Waals surface area contributed by atoms with Crippen molar-refractivity contribution in [2.24, 2.45) is 0 Å². The molecule has 1 N–H and O–H groups in total. The van der Waals surface area contributed by atoms with Crippen LogP contribution in [-0.2, 0) is 0 Å². The highest BCUT2D eigenvalue weighted by Crippen LogP contribution is 2.30. The van der Waals surface area contributed by atoms with E-state index in [-0.39, 0.29) is 11.5 Å². The van der Waals surface area contributed by atoms with E-state index < -0.39 is 0 Å². The Balaban J connectivity index is 1.58. The predicted octanol–water partition coefficient (Wildman–Crippen LogP) is 4.27. The van der Waals surface area contributed by atoms with Crippen LogP contribution in [0.3, 0.4) is 0 Å². The van der Waals surface area contributed by atoms with Gasteiger partial charge in [0.05, 0.1) is 25.5 Å². The molecule has 3 rings (SSSR count). The Hall–Kier alpha value is -1.80. The lowest BCUT2D eigenvalue weighted by molar-refractivity contribution is 0.101. The number of hydrogen-bond donors (Lipinski definition) is 1. The van der Waals surface area contributed by atoms with Crippen molar-refractivity contribution in [2.45, 2.75) is 42.5 Å². The number of thioether (sulfide) groups is 1. The number of nitrogens with zero attached hydrogens (tertiary/aromatic N) is 2. The Bertz CT molecular complexity index is 745. The summed E-state index contributed by atoms with van der Waals surface area (Å²) in [5.41, 5.74) is 0.518. The van der Waals surface area contributed by atoms with Crippen LogP contribution in [-0.4, -0.2) is 42.0 Å². The Labute approximate surface area is 161 Å². The third-order valence-electron chi connectivity index (χ3n) is 4.37. The van der Waals surface area contributed by atoms with Crippen LogP contribution < -0.4 is 14.8 Å². The second-order valence-electron chi connectivity index (χ2n) is 6.13. The largest absolute Gasteiger partial charge is 0.497 e. The number of aromatic nitrogens is 2. The number of nitrogens with one attached hydrogen (secondary N) is 1. The number of hydrogen-bond acceptors (Lipinski definition) is 8. The monoisotopic (exact) mass is 393 g/mol. The van der Waals surface area contributed by atoms with Crippen molar-refractivity contribution in [3.8, 4) is 11.5 Å². The average Bonchev–Trinajstić information content (AvgIpc) is 3.13. The minimum Gasteiger partial charge on any atom is -0.497 e. The third-order valence-corrected chi connectivity index (χ3v) is 6.36. The molecule has 1 fully saturated rings. The fraction of sp³-hybridized carbons (Fsp3) is 0.500. The lowest BCUT2D eigenvalue weighted by atomic mass is 9.96. The summed E-state index contributed by atoms with van der Waals surface area (Å²) >= 11 is 2.90. The van der Waals surface area contributed by atoms with E-state index in [1.807, 2.05) is 0 Å². The van der Waals surface area contributed by atoms with Gasteiger partial charge in [0.15, 0.2) is 10.1 Å². The van der Waals surface area contributed by atoms with E-state index in [4.69, 9.17) is 9.47 Å². The summed E-state index contributed by atoms with van der Waals surface area (Å²) in [6.07, 6.45) is 6.25. The second-order valence-corrected chi connectivity index (χ2v) is 8.33. The number of carbonyl (C=O) groups is 1. The number of rotatable bonds is 8. The standard InChI is InChI=1S/C18H23N3O3S2/c1-23-13-8-9-16(24-2)14(10-13)15(22)11-25-18-21-20-17(26-18)19-12-6-4-3-5-7-12/h8-10,12H,3-7,11H2,1-2H3,(H,19,20). The number of ether oxygens (including phenoxy) is 2. The van der Waals surface area contributed by atoms with Crippen LogP contribution in [0, 0.1) is 0 Å². The van der Waals surface area contributed by atoms with E-state index in [2.05, 4.69) is 15.5 Å². The van der Waals surface area contributed by atoms with Gasteiger partial charge in [-0.2, -0.15) is 0 Å². The Morgan fingerprint density at radius 2 is 2.04 bits per heavy atom. The molecule has 0 unspecified atom stereocenters. The molecule has 0 bridgehead atoms. The fourth-order valence-corrected chi connectivity index (χ4v) is 4.70. The molecule has 0 atom stereocenters. The van der Waals surface area contributed by atoms with E-state index >= 15 is 0 Å². The van der Waals surface area contributed by atoms with Crippen molar-refractivity contribution < 1.29 is 14.3 Å². The van der Waals surface area contributed by atoms with Gasteiger partial charge < -0.3 is 14.8 Å². The van der Waals surface area contributed by atoms with Gasteiger partial charge in [-0.3, -0.25) is 4.79 Å². The lowest BCUT2D eigenvalue weighted by Crippen LogP contribution is -2.21. The van der Waals surface area contributed by atoms with E-state index in [9.17, 15) is 4.79 Å². The fourth-order valence-electron chi connectivity index (χ4n) is 2.98. The Morgan fingerprint density at radius 1 is 1.23 bits per heavy atom. The molecule has 0 saturated heterocycles. The summed E-state index contributed by atoms with van der Waals surface area (Å²) in [5.74, 6) is 1.44. The molecular weight excluding hydrogens is 370 g/mol. The average molecular weight is 394 g/mol. The Kier molecular flexibility index (Phi) is 6.73. The molecule has 1 aliphatic carbocycles. The highest BCUT2D eigenvalue weighted by atomic mass is 32.2. The summed E-state index contributed by atoms with van der Waals surface area (Å²) in [7, 11) is 3.13. The van der Waals surface area contributed by atoms with Gasteiger partial charge in [-0.05, 0) is 31.0 Å². The van der Waals surface area contributed by atoms with Crippen LogP contribution in [0.25, 0.3) is 0 Å². The van der Waals surface area contributed by atoms with E-state index in [1.165, 1.54) is 55.2 Å². The maximum absolute atomic E-state index is 12.6. The molecule has 1 heterocycles. The molecule has 0 radical (unpaired) electrons. The van der Waals surface area contributed by atoms with Gasteiger partial charge in [0, 0.05) is 6.04 Å². The number of Topliss-reactive ketones (excluding diaryl/α,β-unsaturated/α-hetero) is 1. The molecule has 6 nitrogen and oxygen atoms in total. The van der Waals surface area contributed by atoms with Crippen LogP contribution in [0.2, 0.25) is 0 Å². The molecule has 8 heteroatoms. The molecular formula is C18H23N3O3S2. The van der Waals surface area contributed by atoms with Crippen molar-refractivity contribution in [1.29, 1.82) is 0 Å². The number of benzene rings is 1. The van der Waals surface area contributed by atoms with E-state index in [0.717, 1.165) is 9.47 Å². The molecule has 0 aliphatic heterocycles. The number of carbonyl (C=O) groups excluding carboxylic acids is 1. The highest BCUT2D eigenvalue weighted by Gasteiger charge is 2.17. The normalized spacial score (nSPS) is 14.8. The summed E-state index contributed by atoms with van der Waals surface area (Å²) in [5, 5.41) is 12.7. The molecule has 2 aromatic rings. The molecule has 1 aliphatic rings. The minimum absolute atomic E-state index is 0.0252. The van der Waals surface area contributed by atoms with Crippen LogP contribution in [0.4, 0.5) is 5.13 Å². The van der Waals surface area contributed by atoms with Gasteiger partial charge in [0.25, 0.3) is 0 Å². The van der Waals surface area contributed by atoms with Gasteiger partial charge in [0.1, 0.15) is 11.5 Å². The van der Waals surface area contributed by atoms with Crippen LogP contribution in [0.1, 0.15) is 42.5 Å². The van der Waals surface area contributed by atoms with Gasteiger partial charge in [-0.1, -0.05) is 42.4 Å². The molecule has 26 heavy (non-hydrogen) atoms. The smallest absolute Gasteiger partial charge is 0.206 e. The predicted molar refractivity (Wildman–Crippen MR) is 105 cm³/mol. The van der Waals surface area contributed by atoms with Crippen molar-refractivity contribution in [3.63, 3.8) is 0 Å². The van der Waals surface area contributed by atoms with Crippen molar-refractivity contribution >= 4 is 34.0 Å². The first kappa shape index (κ1) is 19.0. The van der Waals surface area contributed by atoms with E-state index in [0.29, 0.717) is 23.1 Å². The SMILES string of the molecule is COc1ccc(OC)c(C(=O)CSc2nnc(NC3CCCCC3)s2)c1.